The zero-order chi connectivity index (χ0) is 11.8. The van der Waals surface area contributed by atoms with Crippen molar-refractivity contribution in [1.82, 2.24) is 14.8 Å². The molecule has 0 spiro atoms. The van der Waals surface area contributed by atoms with Gasteiger partial charge in [0, 0.05) is 43.1 Å². The molecule has 2 fully saturated rings. The maximum atomic E-state index is 12.4. The van der Waals surface area contributed by atoms with Gasteiger partial charge in [-0.05, 0) is 32.0 Å². The topological polar surface area (TPSA) is 36.4 Å². The number of hydrogen-bond donors (Lipinski definition) is 0. The van der Waals surface area contributed by atoms with Crippen molar-refractivity contribution in [2.24, 2.45) is 0 Å². The Balaban J connectivity index is 1.84. The van der Waals surface area contributed by atoms with Gasteiger partial charge in [-0.3, -0.25) is 9.78 Å². The SMILES string of the molecule is CN1CC2CCC(C1)N2C(=O)c1ccncc1. The van der Waals surface area contributed by atoms with E-state index in [4.69, 9.17) is 0 Å². The van der Waals surface area contributed by atoms with Crippen molar-refractivity contribution in [3.05, 3.63) is 30.1 Å². The molecule has 0 aliphatic carbocycles. The Bertz CT molecular complexity index is 406. The quantitative estimate of drug-likeness (QED) is 0.723. The Morgan fingerprint density at radius 3 is 2.41 bits per heavy atom. The summed E-state index contributed by atoms with van der Waals surface area (Å²) in [6.07, 6.45) is 5.66. The van der Waals surface area contributed by atoms with E-state index < -0.39 is 0 Å². The number of carbonyl (C=O) groups excluding carboxylic acids is 1. The van der Waals surface area contributed by atoms with E-state index in [0.29, 0.717) is 12.1 Å². The van der Waals surface area contributed by atoms with Crippen LogP contribution in [0.4, 0.5) is 0 Å². The van der Waals surface area contributed by atoms with Crippen LogP contribution in [-0.2, 0) is 0 Å². The lowest BCUT2D eigenvalue weighted by Crippen LogP contribution is -2.54. The van der Waals surface area contributed by atoms with Crippen molar-refractivity contribution in [3.8, 4) is 0 Å². The van der Waals surface area contributed by atoms with Crippen LogP contribution in [0.25, 0.3) is 0 Å². The first kappa shape index (κ1) is 10.7. The van der Waals surface area contributed by atoms with Crippen molar-refractivity contribution >= 4 is 5.91 Å². The molecule has 90 valence electrons. The molecule has 0 aromatic carbocycles. The predicted octanol–water partition coefficient (Wildman–Crippen LogP) is 1.00. The minimum atomic E-state index is 0.174. The second kappa shape index (κ2) is 4.11. The van der Waals surface area contributed by atoms with Gasteiger partial charge >= 0.3 is 0 Å². The van der Waals surface area contributed by atoms with Crippen LogP contribution < -0.4 is 0 Å². The van der Waals surface area contributed by atoms with E-state index in [0.717, 1.165) is 31.5 Å². The van der Waals surface area contributed by atoms with Gasteiger partial charge in [0.15, 0.2) is 0 Å². The largest absolute Gasteiger partial charge is 0.330 e. The number of amides is 1. The number of piperazine rings is 1. The predicted molar refractivity (Wildman–Crippen MR) is 64.7 cm³/mol. The molecule has 2 aliphatic rings. The lowest BCUT2D eigenvalue weighted by atomic mass is 10.1. The first-order valence-electron chi connectivity index (χ1n) is 6.17. The van der Waals surface area contributed by atoms with Crippen LogP contribution in [0.2, 0.25) is 0 Å². The van der Waals surface area contributed by atoms with E-state index in [9.17, 15) is 4.79 Å². The normalized spacial score (nSPS) is 28.4. The van der Waals surface area contributed by atoms with Gasteiger partial charge in [0.1, 0.15) is 0 Å². The van der Waals surface area contributed by atoms with Gasteiger partial charge in [0.25, 0.3) is 5.91 Å². The summed E-state index contributed by atoms with van der Waals surface area (Å²) in [6.45, 7) is 2.01. The molecule has 17 heavy (non-hydrogen) atoms. The van der Waals surface area contributed by atoms with Crippen LogP contribution in [0.5, 0.6) is 0 Å². The number of nitrogens with zero attached hydrogens (tertiary/aromatic N) is 3. The highest BCUT2D eigenvalue weighted by molar-refractivity contribution is 5.94. The van der Waals surface area contributed by atoms with Crippen molar-refractivity contribution in [2.45, 2.75) is 24.9 Å². The lowest BCUT2D eigenvalue weighted by Gasteiger charge is -2.39. The highest BCUT2D eigenvalue weighted by Crippen LogP contribution is 2.30. The highest BCUT2D eigenvalue weighted by Gasteiger charge is 2.41. The Kier molecular flexibility index (Phi) is 2.59. The number of aromatic nitrogens is 1. The molecule has 2 unspecified atom stereocenters. The number of likely N-dealkylation sites (N-methyl/N-ethyl adjacent to an activating group) is 1. The molecule has 3 heterocycles. The van der Waals surface area contributed by atoms with Crippen molar-refractivity contribution in [3.63, 3.8) is 0 Å². The third kappa shape index (κ3) is 1.82. The molecule has 4 heteroatoms. The summed E-state index contributed by atoms with van der Waals surface area (Å²) in [5.41, 5.74) is 0.765. The monoisotopic (exact) mass is 231 g/mol. The highest BCUT2D eigenvalue weighted by atomic mass is 16.2. The van der Waals surface area contributed by atoms with E-state index in [-0.39, 0.29) is 5.91 Å². The third-order valence-electron chi connectivity index (χ3n) is 3.83. The summed E-state index contributed by atoms with van der Waals surface area (Å²) < 4.78 is 0. The summed E-state index contributed by atoms with van der Waals surface area (Å²) >= 11 is 0. The molecule has 1 amide bonds. The molecule has 0 N–H and O–H groups in total. The summed E-state index contributed by atoms with van der Waals surface area (Å²) in [5, 5.41) is 0. The zero-order valence-corrected chi connectivity index (χ0v) is 10.0. The van der Waals surface area contributed by atoms with Gasteiger partial charge in [0.05, 0.1) is 0 Å². The maximum Gasteiger partial charge on any atom is 0.254 e. The fourth-order valence-electron chi connectivity index (χ4n) is 3.09. The lowest BCUT2D eigenvalue weighted by molar-refractivity contribution is 0.0472. The summed E-state index contributed by atoms with van der Waals surface area (Å²) in [4.78, 5) is 20.8. The Morgan fingerprint density at radius 1 is 1.24 bits per heavy atom. The minimum Gasteiger partial charge on any atom is -0.330 e. The van der Waals surface area contributed by atoms with E-state index >= 15 is 0 Å². The number of carbonyl (C=O) groups is 1. The molecule has 3 rings (SSSR count). The number of hydrogen-bond acceptors (Lipinski definition) is 3. The standard InChI is InChI=1S/C13H17N3O/c1-15-8-11-2-3-12(9-15)16(11)13(17)10-4-6-14-7-5-10/h4-7,11-12H,2-3,8-9H2,1H3. The van der Waals surface area contributed by atoms with Gasteiger partial charge in [-0.1, -0.05) is 0 Å². The van der Waals surface area contributed by atoms with Gasteiger partial charge in [-0.25, -0.2) is 0 Å². The first-order valence-corrected chi connectivity index (χ1v) is 6.17. The molecule has 2 aliphatic heterocycles. The average Bonchev–Trinajstić information content (AvgIpc) is 2.62. The molecule has 4 nitrogen and oxygen atoms in total. The smallest absolute Gasteiger partial charge is 0.254 e. The molecule has 0 radical (unpaired) electrons. The van der Waals surface area contributed by atoms with E-state index in [2.05, 4.69) is 21.8 Å². The summed E-state index contributed by atoms with van der Waals surface area (Å²) in [5.74, 6) is 0.174. The molecule has 0 saturated carbocycles. The molecular weight excluding hydrogens is 214 g/mol. The second-order valence-electron chi connectivity index (χ2n) is 5.05. The maximum absolute atomic E-state index is 12.4. The molecule has 2 bridgehead atoms. The fourth-order valence-corrected chi connectivity index (χ4v) is 3.09. The summed E-state index contributed by atoms with van der Waals surface area (Å²) in [7, 11) is 2.14. The molecular formula is C13H17N3O. The number of pyridine rings is 1. The van der Waals surface area contributed by atoms with Gasteiger partial charge in [-0.15, -0.1) is 0 Å². The third-order valence-corrected chi connectivity index (χ3v) is 3.83. The number of likely N-dealkylation sites (tertiary alicyclic amines) is 1. The second-order valence-corrected chi connectivity index (χ2v) is 5.05. The van der Waals surface area contributed by atoms with Crippen LogP contribution in [0, 0.1) is 0 Å². The fraction of sp³-hybridized carbons (Fsp3) is 0.538. The van der Waals surface area contributed by atoms with Crippen LogP contribution in [0.3, 0.4) is 0 Å². The van der Waals surface area contributed by atoms with Crippen LogP contribution in [0.15, 0.2) is 24.5 Å². The van der Waals surface area contributed by atoms with Crippen LogP contribution in [0.1, 0.15) is 23.2 Å². The molecule has 1 aromatic heterocycles. The van der Waals surface area contributed by atoms with E-state index in [1.165, 1.54) is 0 Å². The van der Waals surface area contributed by atoms with E-state index in [1.54, 1.807) is 24.5 Å². The van der Waals surface area contributed by atoms with E-state index in [1.807, 2.05) is 0 Å². The summed E-state index contributed by atoms with van der Waals surface area (Å²) in [6, 6.07) is 4.42. The zero-order valence-electron chi connectivity index (χ0n) is 10.0. The first-order chi connectivity index (χ1) is 8.25. The molecule has 2 atom stereocenters. The average molecular weight is 231 g/mol. The molecule has 1 aromatic rings. The number of fused-ring (bicyclic) bond motifs is 2. The molecule has 2 saturated heterocycles. The minimum absolute atomic E-state index is 0.174. The number of rotatable bonds is 1. The Labute approximate surface area is 101 Å². The van der Waals surface area contributed by atoms with Crippen molar-refractivity contribution < 1.29 is 4.79 Å². The van der Waals surface area contributed by atoms with Crippen LogP contribution in [-0.4, -0.2) is 52.9 Å². The van der Waals surface area contributed by atoms with Crippen LogP contribution >= 0.6 is 0 Å². The van der Waals surface area contributed by atoms with Crippen molar-refractivity contribution in [1.29, 1.82) is 0 Å². The Morgan fingerprint density at radius 2 is 1.82 bits per heavy atom. The van der Waals surface area contributed by atoms with Gasteiger partial charge in [0.2, 0.25) is 0 Å². The van der Waals surface area contributed by atoms with Gasteiger partial charge in [-0.2, -0.15) is 0 Å². The van der Waals surface area contributed by atoms with Gasteiger partial charge < -0.3 is 9.80 Å². The Hall–Kier alpha value is -1.42. The van der Waals surface area contributed by atoms with Crippen molar-refractivity contribution in [2.75, 3.05) is 20.1 Å².